The molecule has 25 heavy (non-hydrogen) atoms. The van der Waals surface area contributed by atoms with Gasteiger partial charge in [0.05, 0.1) is 12.6 Å². The van der Waals surface area contributed by atoms with Crippen molar-refractivity contribution in [2.45, 2.75) is 85.0 Å². The molecule has 0 heterocycles. The van der Waals surface area contributed by atoms with Crippen molar-refractivity contribution in [3.05, 3.63) is 24.3 Å². The van der Waals surface area contributed by atoms with Gasteiger partial charge in [-0.25, -0.2) is 4.79 Å². The van der Waals surface area contributed by atoms with Crippen LogP contribution in [0.3, 0.4) is 0 Å². The topological polar surface area (TPSA) is 66.4 Å². The Morgan fingerprint density at radius 1 is 0.800 bits per heavy atom. The second kappa shape index (κ2) is 21.5. The molecule has 140 valence electrons. The predicted octanol–water partition coefficient (Wildman–Crippen LogP) is 1.34. The van der Waals surface area contributed by atoms with Crippen LogP contribution in [0.1, 0.15) is 85.0 Å². The molecule has 0 saturated carbocycles. The zero-order chi connectivity index (χ0) is 18.8. The van der Waals surface area contributed by atoms with Crippen LogP contribution in [0.2, 0.25) is 0 Å². The molecule has 0 aliphatic heterocycles. The largest absolute Gasteiger partial charge is 1.00 e. The van der Waals surface area contributed by atoms with Gasteiger partial charge in [-0.2, -0.15) is 0 Å². The molecule has 0 fully saturated rings. The molecular formula is C20H35NaO4. The molecule has 0 bridgehead atoms. The first-order chi connectivity index (χ1) is 11.3. The van der Waals surface area contributed by atoms with Crippen LogP contribution in [0.25, 0.3) is 0 Å². The van der Waals surface area contributed by atoms with Gasteiger partial charge in [0.2, 0.25) is 0 Å². The summed E-state index contributed by atoms with van der Waals surface area (Å²) in [4.78, 5) is 20.6. The van der Waals surface area contributed by atoms with E-state index in [1.165, 1.54) is 64.7 Å². The Kier molecular flexibility index (Phi) is 25.1. The van der Waals surface area contributed by atoms with Gasteiger partial charge >= 0.3 is 35.5 Å². The van der Waals surface area contributed by atoms with Crippen LogP contribution in [0.4, 0.5) is 0 Å². The molecule has 0 aliphatic carbocycles. The summed E-state index contributed by atoms with van der Waals surface area (Å²) in [5.41, 5.74) is 0.553. The van der Waals surface area contributed by atoms with Gasteiger partial charge in [-0.05, 0) is 25.8 Å². The molecular weight excluding hydrogens is 327 g/mol. The fraction of sp³-hybridized carbons (Fsp3) is 0.700. The number of carbonyl (C=O) groups is 2. The van der Waals surface area contributed by atoms with Crippen LogP contribution in [0.5, 0.6) is 0 Å². The van der Waals surface area contributed by atoms with Crippen molar-refractivity contribution in [3.8, 4) is 0 Å². The molecule has 0 spiro atoms. The molecule has 0 aromatic heterocycles. The number of unbranched alkanes of at least 4 members (excludes halogenated alkanes) is 9. The summed E-state index contributed by atoms with van der Waals surface area (Å²) in [6.07, 6.45) is 13.0. The molecule has 0 amide bonds. The van der Waals surface area contributed by atoms with Crippen LogP contribution in [0.15, 0.2) is 24.3 Å². The van der Waals surface area contributed by atoms with E-state index in [0.29, 0.717) is 12.2 Å². The number of rotatable bonds is 13. The van der Waals surface area contributed by atoms with Gasteiger partial charge in [0, 0.05) is 5.57 Å². The first-order valence-electron chi connectivity index (χ1n) is 9.02. The van der Waals surface area contributed by atoms with Crippen LogP contribution in [0, 0.1) is 0 Å². The molecule has 0 radical (unpaired) electrons. The summed E-state index contributed by atoms with van der Waals surface area (Å²) in [5, 5.41) is 9.49. The minimum absolute atomic E-state index is 0. The number of carboxylic acid groups (broad SMARTS) is 1. The third-order valence-electron chi connectivity index (χ3n) is 3.43. The van der Waals surface area contributed by atoms with Gasteiger partial charge in [0.1, 0.15) is 0 Å². The molecule has 4 nitrogen and oxygen atoms in total. The maximum Gasteiger partial charge on any atom is 1.00 e. The van der Waals surface area contributed by atoms with Crippen molar-refractivity contribution in [1.82, 2.24) is 0 Å². The number of carbonyl (C=O) groups excluding carboxylic acids is 2. The number of ether oxygens (including phenoxy) is 1. The van der Waals surface area contributed by atoms with E-state index in [9.17, 15) is 14.7 Å². The quantitative estimate of drug-likeness (QED) is 0.215. The third kappa shape index (κ3) is 25.8. The Hall–Kier alpha value is -0.580. The molecule has 0 unspecified atom stereocenters. The molecule has 0 aromatic carbocycles. The van der Waals surface area contributed by atoms with E-state index >= 15 is 0 Å². The van der Waals surface area contributed by atoms with Crippen LogP contribution < -0.4 is 34.7 Å². The molecule has 5 heteroatoms. The van der Waals surface area contributed by atoms with E-state index in [-0.39, 0.29) is 41.1 Å². The summed E-state index contributed by atoms with van der Waals surface area (Å²) in [7, 11) is 0. The van der Waals surface area contributed by atoms with Gasteiger partial charge in [-0.3, -0.25) is 0 Å². The van der Waals surface area contributed by atoms with E-state index in [4.69, 9.17) is 4.74 Å². The Morgan fingerprint density at radius 2 is 1.16 bits per heavy atom. The summed E-state index contributed by atoms with van der Waals surface area (Å²) in [6.45, 7) is 12.5. The van der Waals surface area contributed by atoms with Crippen LogP contribution >= 0.6 is 0 Å². The van der Waals surface area contributed by atoms with E-state index < -0.39 is 5.97 Å². The van der Waals surface area contributed by atoms with Crippen molar-refractivity contribution < 1.29 is 49.0 Å². The second-order valence-corrected chi connectivity index (χ2v) is 6.17. The number of aliphatic carboxylic acids is 1. The second-order valence-electron chi connectivity index (χ2n) is 6.17. The monoisotopic (exact) mass is 362 g/mol. The maximum atomic E-state index is 11.1. The molecule has 0 atom stereocenters. The zero-order valence-corrected chi connectivity index (χ0v) is 18.8. The Bertz CT molecular complexity index is 366. The minimum atomic E-state index is -1.19. The average molecular weight is 362 g/mol. The summed E-state index contributed by atoms with van der Waals surface area (Å²) < 4.78 is 5.04. The van der Waals surface area contributed by atoms with Gasteiger partial charge < -0.3 is 14.6 Å². The maximum absolute atomic E-state index is 11.1. The van der Waals surface area contributed by atoms with E-state index in [1.807, 2.05) is 0 Å². The van der Waals surface area contributed by atoms with Gasteiger partial charge in [-0.1, -0.05) is 77.9 Å². The first-order valence-corrected chi connectivity index (χ1v) is 9.02. The average Bonchev–Trinajstić information content (AvgIpc) is 2.52. The predicted molar refractivity (Wildman–Crippen MR) is 97.4 cm³/mol. The van der Waals surface area contributed by atoms with Gasteiger partial charge in [0.15, 0.2) is 0 Å². The standard InChI is InChI=1S/C16H30O2.C4H6O2.Na/c1-4-5-6-7-8-9-10-11-12-13-14-18-16(17)15(2)3;1-3(2)4(5)6;/h2,4-14H2,1,3H3;1H2,2H3,(H,5,6);/q;;+1/p-1. The van der Waals surface area contributed by atoms with Gasteiger partial charge in [-0.15, -0.1) is 0 Å². The number of carboxylic acids is 1. The molecule has 0 rings (SSSR count). The Balaban J connectivity index is -0.000000592. The summed E-state index contributed by atoms with van der Waals surface area (Å²) in [5.74, 6) is -1.44. The molecule has 0 N–H and O–H groups in total. The zero-order valence-electron chi connectivity index (χ0n) is 16.8. The fourth-order valence-electron chi connectivity index (χ4n) is 1.88. The van der Waals surface area contributed by atoms with Crippen molar-refractivity contribution in [3.63, 3.8) is 0 Å². The number of hydrogen-bond acceptors (Lipinski definition) is 4. The number of hydrogen-bond donors (Lipinski definition) is 0. The minimum Gasteiger partial charge on any atom is -0.545 e. The van der Waals surface area contributed by atoms with Crippen molar-refractivity contribution in [2.75, 3.05) is 6.61 Å². The normalized spacial score (nSPS) is 9.24. The third-order valence-corrected chi connectivity index (χ3v) is 3.43. The van der Waals surface area contributed by atoms with E-state index in [1.54, 1.807) is 6.92 Å². The summed E-state index contributed by atoms with van der Waals surface area (Å²) >= 11 is 0. The molecule has 0 aromatic rings. The van der Waals surface area contributed by atoms with Crippen molar-refractivity contribution in [2.24, 2.45) is 0 Å². The van der Waals surface area contributed by atoms with E-state index in [2.05, 4.69) is 20.1 Å². The molecule has 0 aliphatic rings. The number of esters is 1. The van der Waals surface area contributed by atoms with Crippen LogP contribution in [-0.2, 0) is 14.3 Å². The van der Waals surface area contributed by atoms with E-state index in [0.717, 1.165) is 6.42 Å². The Labute approximate surface area is 176 Å². The van der Waals surface area contributed by atoms with Crippen LogP contribution in [-0.4, -0.2) is 18.5 Å². The smallest absolute Gasteiger partial charge is 0.545 e. The van der Waals surface area contributed by atoms with Gasteiger partial charge in [0.25, 0.3) is 0 Å². The first kappa shape index (κ1) is 29.2. The fourth-order valence-corrected chi connectivity index (χ4v) is 1.88. The summed E-state index contributed by atoms with van der Waals surface area (Å²) in [6, 6.07) is 0. The molecule has 0 saturated heterocycles. The Morgan fingerprint density at radius 3 is 1.48 bits per heavy atom. The van der Waals surface area contributed by atoms with Crippen molar-refractivity contribution >= 4 is 11.9 Å². The van der Waals surface area contributed by atoms with Crippen molar-refractivity contribution in [1.29, 1.82) is 0 Å². The SMILES string of the molecule is C=C(C)C(=O)OCCCCCCCCCCCC.C=C(C)C(=O)[O-].[Na+].